The van der Waals surface area contributed by atoms with Gasteiger partial charge in [0.15, 0.2) is 5.82 Å². The number of nitrogens with zero attached hydrogens (tertiary/aromatic N) is 4. The molecule has 2 atom stereocenters. The van der Waals surface area contributed by atoms with Crippen LogP contribution >= 0.6 is 0 Å². The fraction of sp³-hybridized carbons (Fsp3) is 0.647. The van der Waals surface area contributed by atoms with Crippen LogP contribution in [0.3, 0.4) is 0 Å². The molecule has 24 heavy (non-hydrogen) atoms. The zero-order valence-corrected chi connectivity index (χ0v) is 14.6. The molecule has 132 valence electrons. The van der Waals surface area contributed by atoms with Gasteiger partial charge in [-0.2, -0.15) is 4.98 Å². The van der Waals surface area contributed by atoms with E-state index in [9.17, 15) is 5.11 Å². The molecule has 0 bridgehead atoms. The number of rotatable bonds is 6. The third kappa shape index (κ3) is 3.85. The van der Waals surface area contributed by atoms with Crippen LogP contribution in [-0.2, 0) is 0 Å². The second-order valence-corrected chi connectivity index (χ2v) is 6.69. The molecule has 0 aromatic carbocycles. The Bertz CT molecular complexity index is 618. The maximum atomic E-state index is 10.2. The molecular formula is C17H26N4O3. The van der Waals surface area contributed by atoms with E-state index in [-0.39, 0.29) is 12.0 Å². The lowest BCUT2D eigenvalue weighted by Crippen LogP contribution is -2.48. The van der Waals surface area contributed by atoms with E-state index in [0.717, 1.165) is 32.0 Å². The number of aliphatic hydroxyl groups is 1. The van der Waals surface area contributed by atoms with E-state index in [1.165, 1.54) is 0 Å². The summed E-state index contributed by atoms with van der Waals surface area (Å²) in [5.41, 5.74) is 0. The smallest absolute Gasteiger partial charge is 0.243 e. The third-order valence-corrected chi connectivity index (χ3v) is 4.59. The molecule has 2 aromatic heterocycles. The van der Waals surface area contributed by atoms with Gasteiger partial charge in [0, 0.05) is 38.6 Å². The lowest BCUT2D eigenvalue weighted by Gasteiger charge is -2.37. The van der Waals surface area contributed by atoms with E-state index in [1.807, 2.05) is 6.07 Å². The van der Waals surface area contributed by atoms with E-state index in [2.05, 4.69) is 40.7 Å². The van der Waals surface area contributed by atoms with Gasteiger partial charge in [-0.1, -0.05) is 19.0 Å². The van der Waals surface area contributed by atoms with Crippen LogP contribution in [0.4, 0.5) is 0 Å². The van der Waals surface area contributed by atoms with E-state index in [1.54, 1.807) is 12.3 Å². The first-order valence-corrected chi connectivity index (χ1v) is 8.56. The Morgan fingerprint density at radius 2 is 1.96 bits per heavy atom. The molecule has 0 saturated carbocycles. The van der Waals surface area contributed by atoms with E-state index in [0.29, 0.717) is 18.2 Å². The van der Waals surface area contributed by atoms with E-state index < -0.39 is 6.10 Å². The first kappa shape index (κ1) is 17.1. The quantitative estimate of drug-likeness (QED) is 0.867. The Kier molecular flexibility index (Phi) is 5.33. The van der Waals surface area contributed by atoms with Crippen molar-refractivity contribution in [2.75, 3.05) is 32.7 Å². The minimum Gasteiger partial charge on any atom is -0.467 e. The molecule has 7 nitrogen and oxygen atoms in total. The van der Waals surface area contributed by atoms with Crippen molar-refractivity contribution in [1.29, 1.82) is 0 Å². The summed E-state index contributed by atoms with van der Waals surface area (Å²) in [6.45, 7) is 10.4. The van der Waals surface area contributed by atoms with Crippen LogP contribution in [-0.4, -0.2) is 57.8 Å². The maximum Gasteiger partial charge on any atom is 0.243 e. The number of furan rings is 1. The van der Waals surface area contributed by atoms with Crippen molar-refractivity contribution in [2.24, 2.45) is 0 Å². The van der Waals surface area contributed by atoms with Gasteiger partial charge in [-0.15, -0.1) is 0 Å². The fourth-order valence-electron chi connectivity index (χ4n) is 2.96. The first-order valence-electron chi connectivity index (χ1n) is 8.56. The number of β-amino-alcohol motifs (C(OH)–C–C–N with tert-alkyl or cyclic N) is 1. The molecule has 0 spiro atoms. The lowest BCUT2D eigenvalue weighted by atomic mass is 10.2. The fourth-order valence-corrected chi connectivity index (χ4v) is 2.96. The molecular weight excluding hydrogens is 308 g/mol. The first-order chi connectivity index (χ1) is 11.5. The minimum atomic E-state index is -0.575. The highest BCUT2D eigenvalue weighted by atomic mass is 16.5. The van der Waals surface area contributed by atoms with Gasteiger partial charge >= 0.3 is 0 Å². The Balaban J connectivity index is 1.50. The Labute approximate surface area is 142 Å². The number of hydrogen-bond donors (Lipinski definition) is 1. The zero-order valence-electron chi connectivity index (χ0n) is 14.6. The molecule has 1 N–H and O–H groups in total. The van der Waals surface area contributed by atoms with Crippen LogP contribution in [0.2, 0.25) is 0 Å². The van der Waals surface area contributed by atoms with Crippen molar-refractivity contribution < 1.29 is 14.0 Å². The minimum absolute atomic E-state index is 0.113. The van der Waals surface area contributed by atoms with Gasteiger partial charge in [-0.3, -0.25) is 9.80 Å². The van der Waals surface area contributed by atoms with E-state index in [4.69, 9.17) is 8.94 Å². The highest BCUT2D eigenvalue weighted by Crippen LogP contribution is 2.23. The van der Waals surface area contributed by atoms with Gasteiger partial charge in [0.1, 0.15) is 11.9 Å². The van der Waals surface area contributed by atoms with Crippen LogP contribution in [0.25, 0.3) is 0 Å². The maximum absolute atomic E-state index is 10.2. The highest BCUT2D eigenvalue weighted by molar-refractivity contribution is 5.02. The second-order valence-electron chi connectivity index (χ2n) is 6.69. The summed E-state index contributed by atoms with van der Waals surface area (Å²) in [7, 11) is 0. The molecule has 7 heteroatoms. The summed E-state index contributed by atoms with van der Waals surface area (Å²) in [5.74, 6) is 2.34. The zero-order chi connectivity index (χ0) is 17.1. The monoisotopic (exact) mass is 334 g/mol. The van der Waals surface area contributed by atoms with Crippen molar-refractivity contribution >= 4 is 0 Å². The summed E-state index contributed by atoms with van der Waals surface area (Å²) in [6.07, 6.45) is 1.02. The largest absolute Gasteiger partial charge is 0.467 e. The van der Waals surface area contributed by atoms with Crippen LogP contribution in [0.5, 0.6) is 0 Å². The van der Waals surface area contributed by atoms with Gasteiger partial charge in [0.2, 0.25) is 5.89 Å². The normalized spacial score (nSPS) is 19.7. The predicted octanol–water partition coefficient (Wildman–Crippen LogP) is 2.20. The number of hydrogen-bond acceptors (Lipinski definition) is 7. The topological polar surface area (TPSA) is 78.8 Å². The van der Waals surface area contributed by atoms with Gasteiger partial charge in [0.25, 0.3) is 0 Å². The van der Waals surface area contributed by atoms with Crippen LogP contribution in [0.15, 0.2) is 27.3 Å². The summed E-state index contributed by atoms with van der Waals surface area (Å²) in [5, 5.41) is 14.2. The second kappa shape index (κ2) is 7.46. The number of aromatic nitrogens is 2. The number of piperazine rings is 1. The molecule has 1 aliphatic rings. The molecule has 1 aliphatic heterocycles. The highest BCUT2D eigenvalue weighted by Gasteiger charge is 2.27. The predicted molar refractivity (Wildman–Crippen MR) is 88.5 cm³/mol. The molecule has 3 heterocycles. The summed E-state index contributed by atoms with van der Waals surface area (Å²) >= 11 is 0. The van der Waals surface area contributed by atoms with Gasteiger partial charge in [0.05, 0.1) is 12.3 Å². The SMILES string of the molecule is CC(C)c1noc([C@H](C)N2CCN(C[C@H](O)c3ccco3)CC2)n1. The van der Waals surface area contributed by atoms with Crippen molar-refractivity contribution in [2.45, 2.75) is 38.8 Å². The molecule has 0 amide bonds. The Morgan fingerprint density at radius 3 is 2.54 bits per heavy atom. The lowest BCUT2D eigenvalue weighted by molar-refractivity contribution is 0.0452. The average Bonchev–Trinajstić information content (AvgIpc) is 3.26. The van der Waals surface area contributed by atoms with Crippen molar-refractivity contribution in [3.05, 3.63) is 35.9 Å². The summed E-state index contributed by atoms with van der Waals surface area (Å²) < 4.78 is 10.7. The van der Waals surface area contributed by atoms with Crippen LogP contribution in [0, 0.1) is 0 Å². The molecule has 0 radical (unpaired) electrons. The Morgan fingerprint density at radius 1 is 1.21 bits per heavy atom. The van der Waals surface area contributed by atoms with Crippen LogP contribution in [0.1, 0.15) is 56.3 Å². The Hall–Kier alpha value is -1.70. The summed E-state index contributed by atoms with van der Waals surface area (Å²) in [6, 6.07) is 3.72. The molecule has 1 fully saturated rings. The van der Waals surface area contributed by atoms with Crippen molar-refractivity contribution in [3.8, 4) is 0 Å². The van der Waals surface area contributed by atoms with Gasteiger partial charge in [-0.05, 0) is 19.1 Å². The van der Waals surface area contributed by atoms with Gasteiger partial charge < -0.3 is 14.0 Å². The molecule has 3 rings (SSSR count). The van der Waals surface area contributed by atoms with Crippen molar-refractivity contribution in [3.63, 3.8) is 0 Å². The molecule has 1 saturated heterocycles. The molecule has 0 unspecified atom stereocenters. The van der Waals surface area contributed by atoms with Crippen LogP contribution < -0.4 is 0 Å². The van der Waals surface area contributed by atoms with Gasteiger partial charge in [-0.25, -0.2) is 0 Å². The molecule has 0 aliphatic carbocycles. The van der Waals surface area contributed by atoms with Crippen molar-refractivity contribution in [1.82, 2.24) is 19.9 Å². The molecule has 2 aromatic rings. The standard InChI is InChI=1S/C17H26N4O3/c1-12(2)16-18-17(24-19-16)13(3)21-8-6-20(7-9-21)11-14(22)15-5-4-10-23-15/h4-5,10,12-14,22H,6-9,11H2,1-3H3/t13-,14-/m0/s1. The number of aliphatic hydroxyl groups excluding tert-OH is 1. The van der Waals surface area contributed by atoms with E-state index >= 15 is 0 Å². The summed E-state index contributed by atoms with van der Waals surface area (Å²) in [4.78, 5) is 9.09. The average molecular weight is 334 g/mol. The third-order valence-electron chi connectivity index (χ3n) is 4.59.